The zero-order valence-electron chi connectivity index (χ0n) is 11.4. The summed E-state index contributed by atoms with van der Waals surface area (Å²) in [4.78, 5) is 1.10. The molecule has 0 saturated carbocycles. The van der Waals surface area contributed by atoms with E-state index in [2.05, 4.69) is 5.32 Å². The van der Waals surface area contributed by atoms with E-state index >= 15 is 0 Å². The van der Waals surface area contributed by atoms with Crippen molar-refractivity contribution < 1.29 is 18.6 Å². The smallest absolute Gasteiger partial charge is 0.130 e. The van der Waals surface area contributed by atoms with E-state index in [4.69, 9.17) is 4.74 Å². The van der Waals surface area contributed by atoms with Crippen LogP contribution in [0.1, 0.15) is 10.4 Å². The molecule has 1 heterocycles. The quantitative estimate of drug-likeness (QED) is 0.787. The van der Waals surface area contributed by atoms with Crippen LogP contribution in [0, 0.1) is 11.6 Å². The second kappa shape index (κ2) is 8.19. The Kier molecular flexibility index (Phi) is 6.25. The third kappa shape index (κ3) is 5.51. The molecule has 114 valence electrons. The van der Waals surface area contributed by atoms with Crippen LogP contribution in [0.2, 0.25) is 0 Å². The third-order valence-corrected chi connectivity index (χ3v) is 3.70. The number of aliphatic hydroxyl groups is 1. The minimum atomic E-state index is -0.673. The van der Waals surface area contributed by atoms with Gasteiger partial charge in [0.2, 0.25) is 0 Å². The molecule has 1 atom stereocenters. The Bertz CT molecular complexity index is 549. The van der Waals surface area contributed by atoms with Crippen molar-refractivity contribution in [2.24, 2.45) is 0 Å². The largest absolute Gasteiger partial charge is 0.389 e. The lowest BCUT2D eigenvalue weighted by Gasteiger charge is -2.12. The van der Waals surface area contributed by atoms with E-state index in [1.807, 2.05) is 17.5 Å². The van der Waals surface area contributed by atoms with Gasteiger partial charge in [0, 0.05) is 29.6 Å². The fourth-order valence-electron chi connectivity index (χ4n) is 1.79. The van der Waals surface area contributed by atoms with Gasteiger partial charge in [-0.3, -0.25) is 0 Å². The normalized spacial score (nSPS) is 12.5. The molecular formula is C15H17F2NO2S. The molecule has 3 nitrogen and oxygen atoms in total. The topological polar surface area (TPSA) is 41.5 Å². The van der Waals surface area contributed by atoms with Gasteiger partial charge in [0.1, 0.15) is 11.6 Å². The lowest BCUT2D eigenvalue weighted by Crippen LogP contribution is -2.30. The zero-order chi connectivity index (χ0) is 15.1. The fourth-order valence-corrected chi connectivity index (χ4v) is 2.43. The first-order chi connectivity index (χ1) is 10.1. The summed E-state index contributed by atoms with van der Waals surface area (Å²) in [6.07, 6.45) is -0.673. The number of ether oxygens (including phenoxy) is 1. The first-order valence-electron chi connectivity index (χ1n) is 6.58. The van der Waals surface area contributed by atoms with Crippen LogP contribution in [0.3, 0.4) is 0 Å². The van der Waals surface area contributed by atoms with E-state index in [0.717, 1.165) is 10.9 Å². The summed E-state index contributed by atoms with van der Waals surface area (Å²) < 4.78 is 31.5. The molecule has 2 N–H and O–H groups in total. The summed E-state index contributed by atoms with van der Waals surface area (Å²) >= 11 is 1.60. The molecule has 0 amide bonds. The number of halogens is 2. The molecule has 1 aromatic heterocycles. The van der Waals surface area contributed by atoms with Gasteiger partial charge in [-0.05, 0) is 17.5 Å². The highest BCUT2D eigenvalue weighted by Crippen LogP contribution is 2.10. The lowest BCUT2D eigenvalue weighted by molar-refractivity contribution is 0.0297. The first kappa shape index (κ1) is 16.0. The summed E-state index contributed by atoms with van der Waals surface area (Å²) in [5.41, 5.74) is 0.364. The molecule has 2 rings (SSSR count). The van der Waals surface area contributed by atoms with E-state index in [1.54, 1.807) is 11.3 Å². The first-order valence-corrected chi connectivity index (χ1v) is 7.46. The van der Waals surface area contributed by atoms with E-state index in [0.29, 0.717) is 12.2 Å². The second-order valence-corrected chi connectivity index (χ2v) is 5.65. The van der Waals surface area contributed by atoms with E-state index < -0.39 is 17.7 Å². The highest BCUT2D eigenvalue weighted by molar-refractivity contribution is 7.09. The number of thiophene rings is 1. The molecule has 0 radical (unpaired) electrons. The van der Waals surface area contributed by atoms with E-state index in [-0.39, 0.29) is 19.7 Å². The van der Waals surface area contributed by atoms with Crippen molar-refractivity contribution in [3.05, 3.63) is 57.8 Å². The average Bonchev–Trinajstić information content (AvgIpc) is 2.94. The van der Waals surface area contributed by atoms with Gasteiger partial charge in [0.05, 0.1) is 19.3 Å². The van der Waals surface area contributed by atoms with Gasteiger partial charge in [-0.2, -0.15) is 0 Å². The molecule has 1 aromatic carbocycles. The number of nitrogens with one attached hydrogen (secondary N) is 1. The van der Waals surface area contributed by atoms with Crippen molar-refractivity contribution in [2.45, 2.75) is 19.3 Å². The Hall–Kier alpha value is -1.34. The van der Waals surface area contributed by atoms with E-state index in [9.17, 15) is 13.9 Å². The van der Waals surface area contributed by atoms with Crippen LogP contribution < -0.4 is 5.32 Å². The van der Waals surface area contributed by atoms with Gasteiger partial charge in [-0.15, -0.1) is 11.3 Å². The molecule has 0 fully saturated rings. The van der Waals surface area contributed by atoms with Crippen LogP contribution in [-0.2, 0) is 17.9 Å². The minimum absolute atomic E-state index is 0.205. The van der Waals surface area contributed by atoms with Crippen molar-refractivity contribution in [1.29, 1.82) is 0 Å². The maximum Gasteiger partial charge on any atom is 0.130 e. The number of hydrogen-bond donors (Lipinski definition) is 2. The molecule has 2 aromatic rings. The second-order valence-electron chi connectivity index (χ2n) is 4.61. The van der Waals surface area contributed by atoms with Gasteiger partial charge in [0.25, 0.3) is 0 Å². The van der Waals surface area contributed by atoms with Gasteiger partial charge in [-0.25, -0.2) is 8.78 Å². The van der Waals surface area contributed by atoms with Crippen molar-refractivity contribution >= 4 is 11.3 Å². The molecular weight excluding hydrogens is 296 g/mol. The summed E-state index contributed by atoms with van der Waals surface area (Å²) in [6.45, 7) is 1.19. The summed E-state index contributed by atoms with van der Waals surface area (Å²) in [5, 5.41) is 14.6. The van der Waals surface area contributed by atoms with Crippen molar-refractivity contribution in [3.63, 3.8) is 0 Å². The molecule has 0 bridgehead atoms. The maximum absolute atomic E-state index is 13.4. The predicted octanol–water partition coefficient (Wildman–Crippen LogP) is 2.69. The van der Waals surface area contributed by atoms with Gasteiger partial charge >= 0.3 is 0 Å². The van der Waals surface area contributed by atoms with Crippen LogP contribution >= 0.6 is 11.3 Å². The van der Waals surface area contributed by atoms with E-state index in [1.165, 1.54) is 12.1 Å². The summed E-state index contributed by atoms with van der Waals surface area (Å²) in [7, 11) is 0. The van der Waals surface area contributed by atoms with Gasteiger partial charge < -0.3 is 15.2 Å². The van der Waals surface area contributed by atoms with Crippen LogP contribution in [0.4, 0.5) is 8.78 Å². The summed E-state index contributed by atoms with van der Waals surface area (Å²) in [6, 6.07) is 7.35. The molecule has 0 aliphatic heterocycles. The Morgan fingerprint density at radius 2 is 2.14 bits per heavy atom. The van der Waals surface area contributed by atoms with Crippen molar-refractivity contribution in [1.82, 2.24) is 5.32 Å². The molecule has 0 saturated heterocycles. The zero-order valence-corrected chi connectivity index (χ0v) is 12.2. The maximum atomic E-state index is 13.4. The number of benzene rings is 1. The Labute approximate surface area is 126 Å². The highest BCUT2D eigenvalue weighted by atomic mass is 32.1. The minimum Gasteiger partial charge on any atom is -0.389 e. The SMILES string of the molecule is OC(CNCc1ccc(F)cc1F)COCc1cccs1. The fraction of sp³-hybridized carbons (Fsp3) is 0.333. The number of rotatable bonds is 8. The van der Waals surface area contributed by atoms with Crippen molar-refractivity contribution in [3.8, 4) is 0 Å². The highest BCUT2D eigenvalue weighted by Gasteiger charge is 2.07. The monoisotopic (exact) mass is 313 g/mol. The number of hydrogen-bond acceptors (Lipinski definition) is 4. The molecule has 1 unspecified atom stereocenters. The Balaban J connectivity index is 1.63. The van der Waals surface area contributed by atoms with Crippen LogP contribution in [0.5, 0.6) is 0 Å². The number of aliphatic hydroxyl groups excluding tert-OH is 1. The van der Waals surface area contributed by atoms with Crippen LogP contribution in [-0.4, -0.2) is 24.4 Å². The van der Waals surface area contributed by atoms with Gasteiger partial charge in [-0.1, -0.05) is 12.1 Å². The molecule has 6 heteroatoms. The standard InChI is InChI=1S/C15H17F2NO2S/c16-12-4-3-11(15(17)6-12)7-18-8-13(19)9-20-10-14-2-1-5-21-14/h1-6,13,18-19H,7-10H2. The Morgan fingerprint density at radius 3 is 2.86 bits per heavy atom. The lowest BCUT2D eigenvalue weighted by atomic mass is 10.2. The predicted molar refractivity (Wildman–Crippen MR) is 78.0 cm³/mol. The molecule has 0 spiro atoms. The van der Waals surface area contributed by atoms with Crippen LogP contribution in [0.15, 0.2) is 35.7 Å². The van der Waals surface area contributed by atoms with Gasteiger partial charge in [0.15, 0.2) is 0 Å². The molecule has 0 aliphatic rings. The van der Waals surface area contributed by atoms with Crippen LogP contribution in [0.25, 0.3) is 0 Å². The molecule has 21 heavy (non-hydrogen) atoms. The van der Waals surface area contributed by atoms with Crippen molar-refractivity contribution in [2.75, 3.05) is 13.2 Å². The molecule has 0 aliphatic carbocycles. The Morgan fingerprint density at radius 1 is 1.29 bits per heavy atom. The average molecular weight is 313 g/mol. The summed E-state index contributed by atoms with van der Waals surface area (Å²) in [5.74, 6) is -1.19. The third-order valence-electron chi connectivity index (χ3n) is 2.85.